The molecule has 2 atom stereocenters. The molecule has 9 heteroatoms. The van der Waals surface area contributed by atoms with E-state index in [9.17, 15) is 0 Å². The van der Waals surface area contributed by atoms with Crippen molar-refractivity contribution >= 4 is 17.3 Å². The Morgan fingerprint density at radius 2 is 1.83 bits per heavy atom. The SMILES string of the molecule is CC1COCC(C)N1c1ncc(-c2nnnn2-c2ccccc2)c(-c2cccs2)n1. The highest BCUT2D eigenvalue weighted by Crippen LogP contribution is 2.34. The number of tetrazole rings is 1. The second-order valence-corrected chi connectivity index (χ2v) is 8.25. The summed E-state index contributed by atoms with van der Waals surface area (Å²) in [4.78, 5) is 13.0. The summed E-state index contributed by atoms with van der Waals surface area (Å²) in [5.41, 5.74) is 2.51. The third kappa shape index (κ3) is 3.35. The largest absolute Gasteiger partial charge is 0.377 e. The smallest absolute Gasteiger partial charge is 0.226 e. The van der Waals surface area contributed by atoms with Crippen molar-refractivity contribution in [2.75, 3.05) is 18.1 Å². The highest BCUT2D eigenvalue weighted by Gasteiger charge is 2.29. The van der Waals surface area contributed by atoms with Gasteiger partial charge in [-0.05, 0) is 47.9 Å². The van der Waals surface area contributed by atoms with Crippen LogP contribution in [-0.4, -0.2) is 55.5 Å². The molecular weight excluding hydrogens is 398 g/mol. The molecule has 3 aromatic heterocycles. The predicted octanol–water partition coefficient (Wildman–Crippen LogP) is 3.46. The van der Waals surface area contributed by atoms with E-state index >= 15 is 0 Å². The number of para-hydroxylation sites is 1. The van der Waals surface area contributed by atoms with Crippen LogP contribution in [0.2, 0.25) is 0 Å². The summed E-state index contributed by atoms with van der Waals surface area (Å²) >= 11 is 1.63. The van der Waals surface area contributed by atoms with Crippen LogP contribution >= 0.6 is 11.3 Å². The summed E-state index contributed by atoms with van der Waals surface area (Å²) in [5.74, 6) is 1.31. The van der Waals surface area contributed by atoms with Crippen molar-refractivity contribution < 1.29 is 4.74 Å². The molecule has 1 saturated heterocycles. The molecule has 0 aliphatic carbocycles. The van der Waals surface area contributed by atoms with Crippen molar-refractivity contribution in [3.63, 3.8) is 0 Å². The van der Waals surface area contributed by atoms with Gasteiger partial charge in [0.05, 0.1) is 47.1 Å². The molecule has 0 radical (unpaired) electrons. The van der Waals surface area contributed by atoms with Gasteiger partial charge in [0, 0.05) is 6.20 Å². The average Bonchev–Trinajstić information content (AvgIpc) is 3.46. The van der Waals surface area contributed by atoms with E-state index < -0.39 is 0 Å². The third-order valence-corrected chi connectivity index (χ3v) is 6.02. The number of hydrogen-bond acceptors (Lipinski definition) is 8. The van der Waals surface area contributed by atoms with Crippen LogP contribution in [0, 0.1) is 0 Å². The lowest BCUT2D eigenvalue weighted by Gasteiger charge is -2.38. The van der Waals surface area contributed by atoms with Crippen LogP contribution < -0.4 is 4.90 Å². The standard InChI is InChI=1S/C21H21N7OS/c1-14-12-29-13-15(2)27(14)21-22-11-17(19(23-21)18-9-6-10-30-18)20-24-25-26-28(20)16-7-4-3-5-8-16/h3-11,14-15H,12-13H2,1-2H3. The van der Waals surface area contributed by atoms with Crippen LogP contribution in [0.1, 0.15) is 13.8 Å². The van der Waals surface area contributed by atoms with Gasteiger partial charge >= 0.3 is 0 Å². The van der Waals surface area contributed by atoms with E-state index in [1.165, 1.54) is 0 Å². The number of ether oxygens (including phenoxy) is 1. The van der Waals surface area contributed by atoms with Crippen LogP contribution in [0.15, 0.2) is 54.0 Å². The lowest BCUT2D eigenvalue weighted by atomic mass is 10.1. The number of anilines is 1. The molecule has 0 amide bonds. The van der Waals surface area contributed by atoms with Gasteiger partial charge in [0.2, 0.25) is 5.95 Å². The number of thiophene rings is 1. The van der Waals surface area contributed by atoms with Crippen LogP contribution in [0.25, 0.3) is 27.6 Å². The molecule has 4 aromatic rings. The Morgan fingerprint density at radius 3 is 2.57 bits per heavy atom. The minimum Gasteiger partial charge on any atom is -0.377 e. The lowest BCUT2D eigenvalue weighted by Crippen LogP contribution is -2.50. The van der Waals surface area contributed by atoms with Crippen molar-refractivity contribution in [2.24, 2.45) is 0 Å². The first-order valence-corrected chi connectivity index (χ1v) is 10.7. The zero-order valence-corrected chi connectivity index (χ0v) is 17.5. The number of rotatable bonds is 4. The van der Waals surface area contributed by atoms with Gasteiger partial charge in [0.1, 0.15) is 0 Å². The molecule has 4 heterocycles. The van der Waals surface area contributed by atoms with Gasteiger partial charge in [-0.1, -0.05) is 24.3 Å². The molecule has 8 nitrogen and oxygen atoms in total. The Labute approximate surface area is 178 Å². The van der Waals surface area contributed by atoms with Crippen molar-refractivity contribution in [3.05, 3.63) is 54.0 Å². The summed E-state index contributed by atoms with van der Waals surface area (Å²) in [6, 6.07) is 14.3. The van der Waals surface area contributed by atoms with Crippen LogP contribution in [0.3, 0.4) is 0 Å². The van der Waals surface area contributed by atoms with Gasteiger partial charge in [0.15, 0.2) is 5.82 Å². The Morgan fingerprint density at radius 1 is 1.03 bits per heavy atom. The fraction of sp³-hybridized carbons (Fsp3) is 0.286. The number of aromatic nitrogens is 6. The van der Waals surface area contributed by atoms with E-state index in [-0.39, 0.29) is 12.1 Å². The summed E-state index contributed by atoms with van der Waals surface area (Å²) < 4.78 is 7.39. The fourth-order valence-electron chi connectivity index (χ4n) is 3.76. The Bertz CT molecular complexity index is 1120. The first-order valence-electron chi connectivity index (χ1n) is 9.83. The van der Waals surface area contributed by atoms with E-state index in [0.29, 0.717) is 25.0 Å². The molecule has 2 unspecified atom stereocenters. The maximum Gasteiger partial charge on any atom is 0.226 e. The van der Waals surface area contributed by atoms with E-state index in [0.717, 1.165) is 21.8 Å². The highest BCUT2D eigenvalue weighted by molar-refractivity contribution is 7.13. The zero-order chi connectivity index (χ0) is 20.5. The summed E-state index contributed by atoms with van der Waals surface area (Å²) in [7, 11) is 0. The summed E-state index contributed by atoms with van der Waals surface area (Å²) in [5, 5.41) is 14.5. The monoisotopic (exact) mass is 419 g/mol. The van der Waals surface area contributed by atoms with Crippen LogP contribution in [0.5, 0.6) is 0 Å². The lowest BCUT2D eigenvalue weighted by molar-refractivity contribution is 0.0747. The Balaban J connectivity index is 1.65. The second-order valence-electron chi connectivity index (χ2n) is 7.30. The van der Waals surface area contributed by atoms with Gasteiger partial charge < -0.3 is 9.64 Å². The number of morpholine rings is 1. The molecule has 0 saturated carbocycles. The second kappa shape index (κ2) is 7.92. The highest BCUT2D eigenvalue weighted by atomic mass is 32.1. The van der Waals surface area contributed by atoms with E-state index in [4.69, 9.17) is 14.7 Å². The topological polar surface area (TPSA) is 81.9 Å². The Kier molecular flexibility index (Phi) is 4.97. The fourth-order valence-corrected chi connectivity index (χ4v) is 4.49. The maximum absolute atomic E-state index is 5.67. The summed E-state index contributed by atoms with van der Waals surface area (Å²) in [6.07, 6.45) is 1.83. The molecule has 30 heavy (non-hydrogen) atoms. The zero-order valence-electron chi connectivity index (χ0n) is 16.7. The molecule has 0 N–H and O–H groups in total. The normalized spacial score (nSPS) is 19.2. The molecule has 1 aliphatic rings. The van der Waals surface area contributed by atoms with Crippen molar-refractivity contribution in [2.45, 2.75) is 25.9 Å². The first-order chi connectivity index (χ1) is 14.7. The first kappa shape index (κ1) is 18.8. The van der Waals surface area contributed by atoms with Crippen molar-refractivity contribution in [1.29, 1.82) is 0 Å². The minimum absolute atomic E-state index is 0.199. The number of nitrogens with zero attached hydrogens (tertiary/aromatic N) is 7. The van der Waals surface area contributed by atoms with Gasteiger partial charge in [-0.15, -0.1) is 16.4 Å². The molecule has 0 bridgehead atoms. The van der Waals surface area contributed by atoms with Gasteiger partial charge in [0.25, 0.3) is 0 Å². The van der Waals surface area contributed by atoms with Gasteiger partial charge in [-0.2, -0.15) is 4.68 Å². The molecule has 5 rings (SSSR count). The third-order valence-electron chi connectivity index (χ3n) is 5.14. The average molecular weight is 420 g/mol. The maximum atomic E-state index is 5.67. The quantitative estimate of drug-likeness (QED) is 0.501. The minimum atomic E-state index is 0.199. The molecule has 1 fully saturated rings. The van der Waals surface area contributed by atoms with Crippen LogP contribution in [-0.2, 0) is 4.74 Å². The Hall–Kier alpha value is -3.17. The molecule has 152 valence electrons. The van der Waals surface area contributed by atoms with E-state index in [2.05, 4.69) is 40.3 Å². The van der Waals surface area contributed by atoms with Crippen LogP contribution in [0.4, 0.5) is 5.95 Å². The van der Waals surface area contributed by atoms with E-state index in [1.807, 2.05) is 48.0 Å². The van der Waals surface area contributed by atoms with Gasteiger partial charge in [-0.3, -0.25) is 0 Å². The summed E-state index contributed by atoms with van der Waals surface area (Å²) in [6.45, 7) is 5.59. The van der Waals surface area contributed by atoms with Crippen molar-refractivity contribution in [1.82, 2.24) is 30.2 Å². The molecule has 1 aliphatic heterocycles. The molecule has 1 aromatic carbocycles. The number of benzene rings is 1. The molecule has 0 spiro atoms. The predicted molar refractivity (Wildman–Crippen MR) is 116 cm³/mol. The van der Waals surface area contributed by atoms with E-state index in [1.54, 1.807) is 16.0 Å². The van der Waals surface area contributed by atoms with Crippen molar-refractivity contribution in [3.8, 4) is 27.6 Å². The number of hydrogen-bond donors (Lipinski definition) is 0. The van der Waals surface area contributed by atoms with Gasteiger partial charge in [-0.25, -0.2) is 9.97 Å². The molecular formula is C21H21N7OS.